The van der Waals surface area contributed by atoms with Crippen LogP contribution in [0.4, 0.5) is 0 Å². The summed E-state index contributed by atoms with van der Waals surface area (Å²) in [4.78, 5) is 11.2. The average Bonchev–Trinajstić information content (AvgIpc) is 2.48. The van der Waals surface area contributed by atoms with Gasteiger partial charge in [-0.15, -0.1) is 0 Å². The lowest BCUT2D eigenvalue weighted by atomic mass is 9.98. The van der Waals surface area contributed by atoms with E-state index in [1.54, 1.807) is 13.8 Å². The summed E-state index contributed by atoms with van der Waals surface area (Å²) in [5.41, 5.74) is -0.678. The van der Waals surface area contributed by atoms with E-state index < -0.39 is 5.60 Å². The number of carbonyl (C=O) groups is 1. The number of methoxy groups -OCH3 is 1. The molecule has 0 saturated carbocycles. The number of hydrogen-bond donors (Lipinski definition) is 2. The molecule has 1 saturated heterocycles. The Kier molecular flexibility index (Phi) is 3.50. The maximum atomic E-state index is 11.2. The van der Waals surface area contributed by atoms with Crippen molar-refractivity contribution in [3.05, 3.63) is 0 Å². The van der Waals surface area contributed by atoms with Crippen molar-refractivity contribution in [3.63, 3.8) is 0 Å². The standard InChI is InChI=1S/C10H19NO3/c1-10(2,13)6-7-4-5-8(11-7)9(12)14-3/h7-8,11,13H,4-6H2,1-3H3/t7?,8-/m0/s1. The first-order chi connectivity index (χ1) is 6.42. The largest absolute Gasteiger partial charge is 0.468 e. The van der Waals surface area contributed by atoms with Crippen molar-refractivity contribution in [3.8, 4) is 0 Å². The van der Waals surface area contributed by atoms with Crippen LogP contribution < -0.4 is 5.32 Å². The van der Waals surface area contributed by atoms with Crippen molar-refractivity contribution in [1.29, 1.82) is 0 Å². The fraction of sp³-hybridized carbons (Fsp3) is 0.900. The van der Waals surface area contributed by atoms with Crippen LogP contribution in [-0.4, -0.2) is 35.9 Å². The summed E-state index contributed by atoms with van der Waals surface area (Å²) >= 11 is 0. The zero-order valence-corrected chi connectivity index (χ0v) is 9.04. The number of rotatable bonds is 3. The fourth-order valence-electron chi connectivity index (χ4n) is 1.91. The highest BCUT2D eigenvalue weighted by Gasteiger charge is 2.32. The zero-order valence-electron chi connectivity index (χ0n) is 9.04. The van der Waals surface area contributed by atoms with Crippen LogP contribution in [0.1, 0.15) is 33.1 Å². The lowest BCUT2D eigenvalue weighted by Crippen LogP contribution is -2.39. The van der Waals surface area contributed by atoms with Crippen LogP contribution in [0.25, 0.3) is 0 Å². The van der Waals surface area contributed by atoms with Crippen molar-refractivity contribution in [2.75, 3.05) is 7.11 Å². The Bertz CT molecular complexity index is 210. The molecular weight excluding hydrogens is 182 g/mol. The molecule has 1 rings (SSSR count). The van der Waals surface area contributed by atoms with E-state index in [0.29, 0.717) is 6.42 Å². The van der Waals surface area contributed by atoms with Crippen LogP contribution in [0.2, 0.25) is 0 Å². The molecule has 0 aliphatic carbocycles. The third-order valence-corrected chi connectivity index (χ3v) is 2.47. The predicted molar refractivity (Wildman–Crippen MR) is 52.9 cm³/mol. The monoisotopic (exact) mass is 201 g/mol. The molecule has 0 amide bonds. The van der Waals surface area contributed by atoms with Crippen LogP contribution in [-0.2, 0) is 9.53 Å². The van der Waals surface area contributed by atoms with Crippen LogP contribution in [0.5, 0.6) is 0 Å². The summed E-state index contributed by atoms with van der Waals surface area (Å²) in [6.45, 7) is 3.56. The van der Waals surface area contributed by atoms with Crippen molar-refractivity contribution in [1.82, 2.24) is 5.32 Å². The van der Waals surface area contributed by atoms with Gasteiger partial charge in [0.05, 0.1) is 12.7 Å². The van der Waals surface area contributed by atoms with Gasteiger partial charge in [0.25, 0.3) is 0 Å². The molecule has 0 aromatic carbocycles. The van der Waals surface area contributed by atoms with Gasteiger partial charge in [-0.05, 0) is 33.1 Å². The summed E-state index contributed by atoms with van der Waals surface area (Å²) in [5, 5.41) is 12.8. The molecule has 1 unspecified atom stereocenters. The van der Waals surface area contributed by atoms with E-state index in [9.17, 15) is 9.90 Å². The number of ether oxygens (including phenoxy) is 1. The van der Waals surface area contributed by atoms with Gasteiger partial charge in [-0.25, -0.2) is 0 Å². The van der Waals surface area contributed by atoms with Crippen molar-refractivity contribution in [2.24, 2.45) is 0 Å². The predicted octanol–water partition coefficient (Wildman–Crippen LogP) is 0.441. The van der Waals surface area contributed by atoms with Gasteiger partial charge in [0.2, 0.25) is 0 Å². The molecule has 0 radical (unpaired) electrons. The van der Waals surface area contributed by atoms with E-state index in [4.69, 9.17) is 0 Å². The first-order valence-corrected chi connectivity index (χ1v) is 4.98. The van der Waals surface area contributed by atoms with Gasteiger partial charge >= 0.3 is 5.97 Å². The van der Waals surface area contributed by atoms with Crippen molar-refractivity contribution >= 4 is 5.97 Å². The Labute approximate surface area is 84.6 Å². The third kappa shape index (κ3) is 3.27. The zero-order chi connectivity index (χ0) is 10.8. The van der Waals surface area contributed by atoms with E-state index >= 15 is 0 Å². The summed E-state index contributed by atoms with van der Waals surface area (Å²) in [7, 11) is 1.40. The highest BCUT2D eigenvalue weighted by molar-refractivity contribution is 5.76. The fourth-order valence-corrected chi connectivity index (χ4v) is 1.91. The maximum absolute atomic E-state index is 11.2. The minimum atomic E-state index is -0.678. The molecule has 4 nitrogen and oxygen atoms in total. The molecular formula is C10H19NO3. The summed E-state index contributed by atoms with van der Waals surface area (Å²) < 4.78 is 4.65. The summed E-state index contributed by atoms with van der Waals surface area (Å²) in [5.74, 6) is -0.205. The van der Waals surface area contributed by atoms with Crippen molar-refractivity contribution in [2.45, 2.75) is 50.8 Å². The first kappa shape index (κ1) is 11.5. The van der Waals surface area contributed by atoms with Gasteiger partial charge in [-0.1, -0.05) is 0 Å². The first-order valence-electron chi connectivity index (χ1n) is 4.98. The molecule has 14 heavy (non-hydrogen) atoms. The number of nitrogens with one attached hydrogen (secondary N) is 1. The van der Waals surface area contributed by atoms with Gasteiger partial charge in [0.15, 0.2) is 0 Å². The Morgan fingerprint density at radius 3 is 2.71 bits per heavy atom. The SMILES string of the molecule is COC(=O)[C@@H]1CCC(CC(C)(C)O)N1. The summed E-state index contributed by atoms with van der Waals surface area (Å²) in [6, 6.07) is 0.0337. The van der Waals surface area contributed by atoms with Crippen LogP contribution >= 0.6 is 0 Å². The molecule has 0 aromatic rings. The van der Waals surface area contributed by atoms with E-state index in [2.05, 4.69) is 10.1 Å². The lowest BCUT2D eigenvalue weighted by Gasteiger charge is -2.22. The van der Waals surface area contributed by atoms with Gasteiger partial charge in [-0.3, -0.25) is 4.79 Å². The molecule has 0 spiro atoms. The average molecular weight is 201 g/mol. The molecule has 4 heteroatoms. The highest BCUT2D eigenvalue weighted by atomic mass is 16.5. The molecule has 0 bridgehead atoms. The Morgan fingerprint density at radius 1 is 1.57 bits per heavy atom. The van der Waals surface area contributed by atoms with Crippen LogP contribution in [0.3, 0.4) is 0 Å². The van der Waals surface area contributed by atoms with Crippen molar-refractivity contribution < 1.29 is 14.6 Å². The second-order valence-corrected chi connectivity index (χ2v) is 4.53. The van der Waals surface area contributed by atoms with Gasteiger partial charge in [0, 0.05) is 6.04 Å². The Balaban J connectivity index is 2.38. The smallest absolute Gasteiger partial charge is 0.322 e. The van der Waals surface area contributed by atoms with Crippen LogP contribution in [0.15, 0.2) is 0 Å². The number of carbonyl (C=O) groups excluding carboxylic acids is 1. The third-order valence-electron chi connectivity index (χ3n) is 2.47. The second-order valence-electron chi connectivity index (χ2n) is 4.53. The molecule has 0 aromatic heterocycles. The normalized spacial score (nSPS) is 27.7. The molecule has 1 aliphatic rings. The van der Waals surface area contributed by atoms with Crippen LogP contribution in [0, 0.1) is 0 Å². The highest BCUT2D eigenvalue weighted by Crippen LogP contribution is 2.21. The van der Waals surface area contributed by atoms with Gasteiger partial charge in [-0.2, -0.15) is 0 Å². The number of hydrogen-bond acceptors (Lipinski definition) is 4. The van der Waals surface area contributed by atoms with E-state index in [0.717, 1.165) is 12.8 Å². The number of aliphatic hydroxyl groups is 1. The molecule has 1 heterocycles. The minimum absolute atomic E-state index is 0.188. The topological polar surface area (TPSA) is 58.6 Å². The second kappa shape index (κ2) is 4.28. The lowest BCUT2D eigenvalue weighted by molar-refractivity contribution is -0.142. The van der Waals surface area contributed by atoms with E-state index in [-0.39, 0.29) is 18.1 Å². The Morgan fingerprint density at radius 2 is 2.21 bits per heavy atom. The van der Waals surface area contributed by atoms with Gasteiger partial charge in [0.1, 0.15) is 6.04 Å². The molecule has 1 aliphatic heterocycles. The maximum Gasteiger partial charge on any atom is 0.322 e. The quantitative estimate of drug-likeness (QED) is 0.651. The summed E-state index contributed by atoms with van der Waals surface area (Å²) in [6.07, 6.45) is 2.39. The molecule has 2 N–H and O–H groups in total. The number of esters is 1. The Hall–Kier alpha value is -0.610. The van der Waals surface area contributed by atoms with E-state index in [1.165, 1.54) is 7.11 Å². The minimum Gasteiger partial charge on any atom is -0.468 e. The molecule has 2 atom stereocenters. The molecule has 1 fully saturated rings. The van der Waals surface area contributed by atoms with E-state index in [1.807, 2.05) is 0 Å². The van der Waals surface area contributed by atoms with Gasteiger partial charge < -0.3 is 15.2 Å². The molecule has 82 valence electrons.